The van der Waals surface area contributed by atoms with E-state index in [-0.39, 0.29) is 0 Å². The summed E-state index contributed by atoms with van der Waals surface area (Å²) in [6.07, 6.45) is -1.70. The smallest absolute Gasteiger partial charge is 0.315 e. The molecule has 1 fully saturated rings. The normalized spacial score (nSPS) is 19.0. The lowest BCUT2D eigenvalue weighted by Gasteiger charge is -2.15. The number of amides is 2. The Bertz CT molecular complexity index is 180. The quantitative estimate of drug-likeness (QED) is 0.667. The van der Waals surface area contributed by atoms with Crippen LogP contribution >= 0.6 is 0 Å². The number of rotatable bonds is 3. The monoisotopic (exact) mass is 178 g/mol. The minimum atomic E-state index is -2.46. The van der Waals surface area contributed by atoms with E-state index in [9.17, 15) is 13.6 Å². The van der Waals surface area contributed by atoms with Crippen LogP contribution in [0, 0.1) is 0 Å². The predicted molar refractivity (Wildman–Crippen MR) is 40.2 cm³/mol. The molecule has 0 aliphatic heterocycles. The van der Waals surface area contributed by atoms with Crippen molar-refractivity contribution in [3.8, 4) is 0 Å². The lowest BCUT2D eigenvalue weighted by Crippen LogP contribution is -2.47. The van der Waals surface area contributed by atoms with Crippen LogP contribution in [0.1, 0.15) is 19.8 Å². The van der Waals surface area contributed by atoms with Gasteiger partial charge in [0.05, 0.1) is 0 Å². The fraction of sp³-hybridized carbons (Fsp3) is 0.857. The summed E-state index contributed by atoms with van der Waals surface area (Å²) in [6, 6.07) is -0.504. The van der Waals surface area contributed by atoms with Crippen molar-refractivity contribution in [1.82, 2.24) is 10.6 Å². The first-order valence-electron chi connectivity index (χ1n) is 3.95. The molecule has 0 aromatic heterocycles. The summed E-state index contributed by atoms with van der Waals surface area (Å²) in [6.45, 7) is 2.19. The van der Waals surface area contributed by atoms with Crippen molar-refractivity contribution in [2.24, 2.45) is 0 Å². The molecule has 70 valence electrons. The topological polar surface area (TPSA) is 41.1 Å². The van der Waals surface area contributed by atoms with Gasteiger partial charge in [0.1, 0.15) is 5.54 Å². The molecule has 0 radical (unpaired) electrons. The zero-order valence-electron chi connectivity index (χ0n) is 6.86. The summed E-state index contributed by atoms with van der Waals surface area (Å²) in [5, 5.41) is 4.68. The summed E-state index contributed by atoms with van der Waals surface area (Å²) >= 11 is 0. The Morgan fingerprint density at radius 3 is 2.50 bits per heavy atom. The maximum Gasteiger partial charge on any atom is 0.315 e. The van der Waals surface area contributed by atoms with Crippen LogP contribution < -0.4 is 10.6 Å². The molecule has 1 saturated carbocycles. The van der Waals surface area contributed by atoms with Crippen LogP contribution in [0.25, 0.3) is 0 Å². The van der Waals surface area contributed by atoms with Gasteiger partial charge in [-0.1, -0.05) is 0 Å². The molecule has 2 N–H and O–H groups in total. The van der Waals surface area contributed by atoms with Crippen LogP contribution in [0.5, 0.6) is 0 Å². The molecule has 0 aromatic rings. The van der Waals surface area contributed by atoms with Crippen LogP contribution in [-0.4, -0.2) is 24.5 Å². The van der Waals surface area contributed by atoms with E-state index in [1.54, 1.807) is 6.92 Å². The van der Waals surface area contributed by atoms with Gasteiger partial charge in [-0.25, -0.2) is 13.6 Å². The third-order valence-corrected chi connectivity index (χ3v) is 1.91. The Hall–Kier alpha value is -0.870. The number of halogens is 2. The molecular formula is C7H12F2N2O. The average Bonchev–Trinajstić information content (AvgIpc) is 2.69. The molecule has 0 atom stereocenters. The number of hydrogen-bond acceptors (Lipinski definition) is 1. The molecule has 12 heavy (non-hydrogen) atoms. The van der Waals surface area contributed by atoms with E-state index >= 15 is 0 Å². The van der Waals surface area contributed by atoms with E-state index in [1.165, 1.54) is 0 Å². The highest BCUT2D eigenvalue weighted by Gasteiger charge is 2.52. The summed E-state index contributed by atoms with van der Waals surface area (Å²) < 4.78 is 24.5. The second-order valence-electron chi connectivity index (χ2n) is 2.94. The highest BCUT2D eigenvalue weighted by atomic mass is 19.3. The fourth-order valence-electron chi connectivity index (χ4n) is 0.963. The molecule has 0 unspecified atom stereocenters. The van der Waals surface area contributed by atoms with Crippen molar-refractivity contribution in [2.75, 3.05) is 6.54 Å². The molecule has 0 bridgehead atoms. The number of urea groups is 1. The lowest BCUT2D eigenvalue weighted by atomic mass is 10.3. The first kappa shape index (κ1) is 9.22. The van der Waals surface area contributed by atoms with Crippen molar-refractivity contribution in [3.05, 3.63) is 0 Å². The Labute approximate surface area is 69.5 Å². The Morgan fingerprint density at radius 2 is 2.17 bits per heavy atom. The highest BCUT2D eigenvalue weighted by Crippen LogP contribution is 2.40. The molecule has 0 spiro atoms. The summed E-state index contributed by atoms with van der Waals surface area (Å²) in [5.74, 6) is 0. The second kappa shape index (κ2) is 3.25. The highest BCUT2D eigenvalue weighted by molar-refractivity contribution is 5.75. The zero-order valence-corrected chi connectivity index (χ0v) is 6.86. The van der Waals surface area contributed by atoms with Crippen LogP contribution in [0.3, 0.4) is 0 Å². The van der Waals surface area contributed by atoms with Gasteiger partial charge in [0.2, 0.25) is 0 Å². The van der Waals surface area contributed by atoms with Crippen molar-refractivity contribution < 1.29 is 13.6 Å². The van der Waals surface area contributed by atoms with Gasteiger partial charge in [0.25, 0.3) is 6.43 Å². The summed E-state index contributed by atoms with van der Waals surface area (Å²) in [7, 11) is 0. The zero-order chi connectivity index (χ0) is 9.19. The second-order valence-corrected chi connectivity index (χ2v) is 2.94. The molecule has 5 heteroatoms. The van der Waals surface area contributed by atoms with Gasteiger partial charge in [0.15, 0.2) is 0 Å². The van der Waals surface area contributed by atoms with Gasteiger partial charge in [0, 0.05) is 6.54 Å². The van der Waals surface area contributed by atoms with Gasteiger partial charge in [-0.2, -0.15) is 0 Å². The number of alkyl halides is 2. The first-order valence-corrected chi connectivity index (χ1v) is 3.95. The van der Waals surface area contributed by atoms with E-state index in [4.69, 9.17) is 0 Å². The average molecular weight is 178 g/mol. The maximum atomic E-state index is 12.2. The Kier molecular flexibility index (Phi) is 2.49. The van der Waals surface area contributed by atoms with E-state index < -0.39 is 18.0 Å². The van der Waals surface area contributed by atoms with E-state index in [0.717, 1.165) is 0 Å². The number of nitrogens with one attached hydrogen (secondary N) is 2. The summed E-state index contributed by atoms with van der Waals surface area (Å²) in [5.41, 5.74) is -1.22. The largest absolute Gasteiger partial charge is 0.338 e. The molecule has 3 nitrogen and oxygen atoms in total. The molecule has 0 aromatic carbocycles. The standard InChI is InChI=1S/C7H12F2N2O/c1-2-10-6(12)11-7(3-4-7)5(8)9/h5H,2-4H2,1H3,(H2,10,11,12). The van der Waals surface area contributed by atoms with Crippen molar-refractivity contribution in [3.63, 3.8) is 0 Å². The third kappa shape index (κ3) is 1.84. The van der Waals surface area contributed by atoms with Crippen LogP contribution in [0.15, 0.2) is 0 Å². The number of carbonyl (C=O) groups excluding carboxylic acids is 1. The number of carbonyl (C=O) groups is 1. The maximum absolute atomic E-state index is 12.2. The molecule has 1 aliphatic rings. The first-order chi connectivity index (χ1) is 5.60. The van der Waals surface area contributed by atoms with E-state index in [2.05, 4.69) is 10.6 Å². The Morgan fingerprint density at radius 1 is 1.58 bits per heavy atom. The van der Waals surface area contributed by atoms with E-state index in [1.807, 2.05) is 0 Å². The minimum Gasteiger partial charge on any atom is -0.338 e. The van der Waals surface area contributed by atoms with Gasteiger partial charge in [-0.15, -0.1) is 0 Å². The van der Waals surface area contributed by atoms with Gasteiger partial charge < -0.3 is 10.6 Å². The third-order valence-electron chi connectivity index (χ3n) is 1.91. The molecule has 0 saturated heterocycles. The van der Waals surface area contributed by atoms with Gasteiger partial charge in [-0.05, 0) is 19.8 Å². The van der Waals surface area contributed by atoms with Gasteiger partial charge >= 0.3 is 6.03 Å². The van der Waals surface area contributed by atoms with E-state index in [0.29, 0.717) is 19.4 Å². The molecule has 1 aliphatic carbocycles. The van der Waals surface area contributed by atoms with Gasteiger partial charge in [-0.3, -0.25) is 0 Å². The van der Waals surface area contributed by atoms with Crippen molar-refractivity contribution in [2.45, 2.75) is 31.7 Å². The van der Waals surface area contributed by atoms with Crippen LogP contribution in [0.2, 0.25) is 0 Å². The SMILES string of the molecule is CCNC(=O)NC1(C(F)F)CC1. The predicted octanol–water partition coefficient (Wildman–Crippen LogP) is 1.10. The fourth-order valence-corrected chi connectivity index (χ4v) is 0.963. The van der Waals surface area contributed by atoms with Crippen LogP contribution in [-0.2, 0) is 0 Å². The molecule has 1 rings (SSSR count). The lowest BCUT2D eigenvalue weighted by molar-refractivity contribution is 0.0895. The molecular weight excluding hydrogens is 166 g/mol. The number of hydrogen-bond donors (Lipinski definition) is 2. The van der Waals surface area contributed by atoms with Crippen molar-refractivity contribution in [1.29, 1.82) is 0 Å². The Balaban J connectivity index is 2.35. The summed E-state index contributed by atoms with van der Waals surface area (Å²) in [4.78, 5) is 10.8. The molecule has 0 heterocycles. The van der Waals surface area contributed by atoms with Crippen molar-refractivity contribution >= 4 is 6.03 Å². The minimum absolute atomic E-state index is 0.377. The van der Waals surface area contributed by atoms with Crippen LogP contribution in [0.4, 0.5) is 13.6 Å². The molecule has 2 amide bonds.